The number of nitrogens with zero attached hydrogens (tertiary/aromatic N) is 3. The molecule has 4 rings (SSSR count). The molecule has 0 aliphatic carbocycles. The Balaban J connectivity index is 1.41. The van der Waals surface area contributed by atoms with Gasteiger partial charge in [0, 0.05) is 54.4 Å². The number of carbonyl (C=O) groups excluding carboxylic acids is 2. The predicted octanol–water partition coefficient (Wildman–Crippen LogP) is 3.06. The number of nitrogens with two attached hydrogens (primary N) is 2. The number of halogens is 2. The average Bonchev–Trinajstić information content (AvgIpc) is 3.01. The zero-order valence-corrected chi connectivity index (χ0v) is 29.7. The van der Waals surface area contributed by atoms with Crippen LogP contribution in [0.5, 0.6) is 5.75 Å². The first-order valence-corrected chi connectivity index (χ1v) is 17.7. The van der Waals surface area contributed by atoms with Crippen LogP contribution in [-0.2, 0) is 26.2 Å². The van der Waals surface area contributed by atoms with E-state index in [1.54, 1.807) is 11.0 Å². The number of rotatable bonds is 12. The maximum atomic E-state index is 13.7. The molecular weight excluding hydrogens is 679 g/mol. The van der Waals surface area contributed by atoms with Crippen LogP contribution in [0, 0.1) is 19.3 Å². The third kappa shape index (κ3) is 8.66. The molecule has 0 unspecified atom stereocenters. The predicted molar refractivity (Wildman–Crippen MR) is 187 cm³/mol. The quantitative estimate of drug-likeness (QED) is 0.106. The van der Waals surface area contributed by atoms with Crippen molar-refractivity contribution < 1.29 is 22.7 Å². The number of fused-ring (bicyclic) bond motifs is 1. The van der Waals surface area contributed by atoms with Crippen molar-refractivity contribution in [3.8, 4) is 5.75 Å². The molecule has 1 aliphatic heterocycles. The molecule has 1 fully saturated rings. The Bertz CT molecular complexity index is 1810. The molecule has 1 saturated heterocycles. The molecule has 13 nitrogen and oxygen atoms in total. The molecule has 0 radical (unpaired) electrons. The van der Waals surface area contributed by atoms with Gasteiger partial charge < -0.3 is 31.3 Å². The van der Waals surface area contributed by atoms with E-state index in [4.69, 9.17) is 44.8 Å². The number of carbonyl (C=O) groups is 2. The Labute approximate surface area is 290 Å². The van der Waals surface area contributed by atoms with Gasteiger partial charge in [-0.25, -0.2) is 13.4 Å². The Morgan fingerprint density at radius 1 is 1.10 bits per heavy atom. The molecule has 0 saturated carbocycles. The summed E-state index contributed by atoms with van der Waals surface area (Å²) in [5.41, 5.74) is 12.6. The highest BCUT2D eigenvalue weighted by molar-refractivity contribution is 7.89. The molecule has 0 spiro atoms. The lowest BCUT2D eigenvalue weighted by molar-refractivity contribution is -0.143. The Morgan fingerprint density at radius 2 is 1.77 bits per heavy atom. The van der Waals surface area contributed by atoms with Crippen molar-refractivity contribution in [1.29, 1.82) is 5.41 Å². The summed E-state index contributed by atoms with van der Waals surface area (Å²) in [6.07, 6.45) is 0.973. The zero-order valence-electron chi connectivity index (χ0n) is 27.4. The van der Waals surface area contributed by atoms with Crippen LogP contribution >= 0.6 is 23.2 Å². The summed E-state index contributed by atoms with van der Waals surface area (Å²) in [6, 6.07) is 9.53. The summed E-state index contributed by atoms with van der Waals surface area (Å²) in [4.78, 5) is 33.8. The molecule has 260 valence electrons. The normalized spacial score (nSPS) is 14.6. The van der Waals surface area contributed by atoms with E-state index in [1.807, 2.05) is 32.0 Å². The largest absolute Gasteiger partial charge is 0.487 e. The molecule has 0 bridgehead atoms. The van der Waals surface area contributed by atoms with E-state index in [2.05, 4.69) is 15.0 Å². The number of ether oxygens (including phenoxy) is 1. The summed E-state index contributed by atoms with van der Waals surface area (Å²) in [7, 11) is -4.32. The van der Waals surface area contributed by atoms with Crippen LogP contribution < -0.4 is 26.2 Å². The summed E-state index contributed by atoms with van der Waals surface area (Å²) in [5.74, 6) is -0.341. The van der Waals surface area contributed by atoms with Crippen LogP contribution in [0.2, 0.25) is 10.0 Å². The average molecular weight is 722 g/mol. The third-order valence-corrected chi connectivity index (χ3v) is 10.7. The first-order valence-electron chi connectivity index (χ1n) is 15.4. The van der Waals surface area contributed by atoms with Crippen molar-refractivity contribution in [1.82, 2.24) is 24.8 Å². The maximum absolute atomic E-state index is 13.7. The van der Waals surface area contributed by atoms with Gasteiger partial charge in [0.25, 0.3) is 0 Å². The second-order valence-corrected chi connectivity index (χ2v) is 14.7. The minimum atomic E-state index is -4.32. The zero-order chi connectivity index (χ0) is 35.4. The highest BCUT2D eigenvalue weighted by Crippen LogP contribution is 2.34. The van der Waals surface area contributed by atoms with Crippen LogP contribution in [0.3, 0.4) is 0 Å². The van der Waals surface area contributed by atoms with Gasteiger partial charge in [0.1, 0.15) is 28.3 Å². The highest BCUT2D eigenvalue weighted by atomic mass is 35.5. The number of amides is 2. The number of hydrogen-bond acceptors (Lipinski definition) is 8. The van der Waals surface area contributed by atoms with Crippen LogP contribution in [0.4, 0.5) is 0 Å². The standard InChI is InChI=1S/C32H42Cl2N8O5S/c1-19-17-20(2)39-28-21(19)7-5-9-25(28)47-18-22-23(33)10-11-26(27(22)34)48(45,46)40-32(3,4)30(44)42-15-13-41(14-16-42)29(43)24(35)8-6-12-38-31(36)37/h5,7,9-11,17,24,40H,6,8,12-16,18,35H2,1-4H3,(H4,36,37,38)/t24-/m0/s1. The number of nitrogens with one attached hydrogen (secondary N) is 3. The van der Waals surface area contributed by atoms with Gasteiger partial charge in [-0.3, -0.25) is 15.0 Å². The van der Waals surface area contributed by atoms with Crippen molar-refractivity contribution in [3.63, 3.8) is 0 Å². The fraction of sp³-hybridized carbons (Fsp3) is 0.438. The summed E-state index contributed by atoms with van der Waals surface area (Å²) in [6.45, 7) is 8.06. The van der Waals surface area contributed by atoms with E-state index in [0.29, 0.717) is 30.7 Å². The van der Waals surface area contributed by atoms with Gasteiger partial charge in [-0.05, 0) is 70.4 Å². The molecule has 7 N–H and O–H groups in total. The van der Waals surface area contributed by atoms with E-state index in [1.165, 1.54) is 30.9 Å². The monoisotopic (exact) mass is 720 g/mol. The number of piperazine rings is 1. The van der Waals surface area contributed by atoms with E-state index < -0.39 is 27.5 Å². The topological polar surface area (TPSA) is 197 Å². The minimum Gasteiger partial charge on any atom is -0.487 e. The summed E-state index contributed by atoms with van der Waals surface area (Å²) < 4.78 is 35.9. The Morgan fingerprint density at radius 3 is 2.44 bits per heavy atom. The minimum absolute atomic E-state index is 0.126. The molecule has 3 aromatic rings. The Kier molecular flexibility index (Phi) is 11.8. The lowest BCUT2D eigenvalue weighted by Crippen LogP contribution is -2.61. The lowest BCUT2D eigenvalue weighted by Gasteiger charge is -2.39. The van der Waals surface area contributed by atoms with Crippen LogP contribution in [0.1, 0.15) is 43.5 Å². The number of aromatic nitrogens is 1. The number of sulfonamides is 1. The van der Waals surface area contributed by atoms with Crippen LogP contribution in [0.15, 0.2) is 41.3 Å². The van der Waals surface area contributed by atoms with E-state index in [9.17, 15) is 18.0 Å². The molecule has 16 heteroatoms. The van der Waals surface area contributed by atoms with Crippen molar-refractivity contribution in [2.24, 2.45) is 11.5 Å². The van der Waals surface area contributed by atoms with Gasteiger partial charge in [0.2, 0.25) is 21.8 Å². The lowest BCUT2D eigenvalue weighted by atomic mass is 10.0. The molecule has 2 heterocycles. The number of guanidine groups is 1. The molecule has 1 aromatic heterocycles. The molecule has 2 aromatic carbocycles. The van der Waals surface area contributed by atoms with Gasteiger partial charge in [-0.15, -0.1) is 0 Å². The smallest absolute Gasteiger partial charge is 0.243 e. The fourth-order valence-corrected chi connectivity index (χ4v) is 7.86. The number of benzene rings is 2. The van der Waals surface area contributed by atoms with Gasteiger partial charge in [0.05, 0.1) is 11.1 Å². The first-order chi connectivity index (χ1) is 22.5. The van der Waals surface area contributed by atoms with E-state index in [-0.39, 0.29) is 65.2 Å². The number of pyridine rings is 1. The Hall–Kier alpha value is -3.69. The van der Waals surface area contributed by atoms with Crippen molar-refractivity contribution in [3.05, 3.63) is 63.3 Å². The first kappa shape index (κ1) is 37.1. The SMILES string of the molecule is Cc1cc(C)c2cccc(OCc3c(Cl)ccc(S(=O)(=O)NC(C)(C)C(=O)N4CCN(C(=O)[C@@H](N)CCCNC(=N)N)CC4)c3Cl)c2n1. The van der Waals surface area contributed by atoms with Gasteiger partial charge in [-0.1, -0.05) is 35.3 Å². The van der Waals surface area contributed by atoms with E-state index >= 15 is 0 Å². The van der Waals surface area contributed by atoms with Gasteiger partial charge in [0.15, 0.2) is 5.96 Å². The summed E-state index contributed by atoms with van der Waals surface area (Å²) in [5, 5.41) is 10.9. The second-order valence-electron chi connectivity index (χ2n) is 12.3. The third-order valence-electron chi connectivity index (χ3n) is 8.08. The van der Waals surface area contributed by atoms with Crippen molar-refractivity contribution >= 4 is 61.9 Å². The number of hydrogen-bond donors (Lipinski definition) is 5. The summed E-state index contributed by atoms with van der Waals surface area (Å²) >= 11 is 13.1. The molecule has 1 atom stereocenters. The highest BCUT2D eigenvalue weighted by Gasteiger charge is 2.39. The molecule has 2 amide bonds. The number of aryl methyl sites for hydroxylation is 2. The molecular formula is C32H42Cl2N8O5S. The van der Waals surface area contributed by atoms with Crippen LogP contribution in [-0.4, -0.2) is 85.3 Å². The molecule has 1 aliphatic rings. The molecule has 48 heavy (non-hydrogen) atoms. The number of para-hydroxylation sites is 1. The van der Waals surface area contributed by atoms with Crippen LogP contribution in [0.25, 0.3) is 10.9 Å². The maximum Gasteiger partial charge on any atom is 0.243 e. The fourth-order valence-electron chi connectivity index (χ4n) is 5.60. The van der Waals surface area contributed by atoms with Gasteiger partial charge in [-0.2, -0.15) is 4.72 Å². The van der Waals surface area contributed by atoms with Crippen molar-refractivity contribution in [2.45, 2.75) is 63.6 Å². The second kappa shape index (κ2) is 15.2. The van der Waals surface area contributed by atoms with Crippen molar-refractivity contribution in [2.75, 3.05) is 32.7 Å². The van der Waals surface area contributed by atoms with E-state index in [0.717, 1.165) is 16.6 Å². The van der Waals surface area contributed by atoms with Gasteiger partial charge >= 0.3 is 0 Å².